The second-order valence-corrected chi connectivity index (χ2v) is 5.68. The number of nitrogens with one attached hydrogen (secondary N) is 1. The standard InChI is InChI=1S/C16H17N5O/c22-16(13-11-18-14-3-1-2-6-21(13)14)19-10-12-4-7-20-8-5-17-15(20)9-12/h1-3,5-6,8,11-12H,4,7,9-10H2,(H,19,22)/t12-/m0/s1. The highest BCUT2D eigenvalue weighted by molar-refractivity contribution is 5.93. The average Bonchev–Trinajstić information content (AvgIpc) is 3.18. The Labute approximate surface area is 127 Å². The van der Waals surface area contributed by atoms with Gasteiger partial charge in [-0.05, 0) is 24.5 Å². The molecule has 3 aromatic heterocycles. The van der Waals surface area contributed by atoms with Crippen LogP contribution in [-0.2, 0) is 13.0 Å². The number of amides is 1. The van der Waals surface area contributed by atoms with Gasteiger partial charge in [-0.1, -0.05) is 6.07 Å². The van der Waals surface area contributed by atoms with Crippen LogP contribution in [0.15, 0.2) is 43.0 Å². The van der Waals surface area contributed by atoms with Crippen molar-refractivity contribution in [1.29, 1.82) is 0 Å². The second-order valence-electron chi connectivity index (χ2n) is 5.68. The van der Waals surface area contributed by atoms with Crippen molar-refractivity contribution in [3.05, 3.63) is 54.5 Å². The Balaban J connectivity index is 1.43. The van der Waals surface area contributed by atoms with Crippen LogP contribution in [0.3, 0.4) is 0 Å². The number of pyridine rings is 1. The zero-order chi connectivity index (χ0) is 14.9. The van der Waals surface area contributed by atoms with Gasteiger partial charge in [0.2, 0.25) is 0 Å². The first kappa shape index (κ1) is 13.1. The smallest absolute Gasteiger partial charge is 0.269 e. The number of hydrogen-bond acceptors (Lipinski definition) is 3. The minimum atomic E-state index is -0.0763. The van der Waals surface area contributed by atoms with Crippen LogP contribution < -0.4 is 5.32 Å². The third-order valence-corrected chi connectivity index (χ3v) is 4.25. The summed E-state index contributed by atoms with van der Waals surface area (Å²) in [5, 5.41) is 3.03. The molecule has 3 aromatic rings. The Bertz CT molecular complexity index is 819. The topological polar surface area (TPSA) is 64.2 Å². The summed E-state index contributed by atoms with van der Waals surface area (Å²) in [5.74, 6) is 1.48. The predicted molar refractivity (Wildman–Crippen MR) is 81.6 cm³/mol. The summed E-state index contributed by atoms with van der Waals surface area (Å²) >= 11 is 0. The molecule has 1 aliphatic heterocycles. The summed E-state index contributed by atoms with van der Waals surface area (Å²) in [6, 6.07) is 5.69. The van der Waals surface area contributed by atoms with Crippen LogP contribution in [0.4, 0.5) is 0 Å². The van der Waals surface area contributed by atoms with E-state index in [4.69, 9.17) is 0 Å². The molecule has 6 nitrogen and oxygen atoms in total. The van der Waals surface area contributed by atoms with E-state index in [1.54, 1.807) is 6.20 Å². The Kier molecular flexibility index (Phi) is 3.14. The fraction of sp³-hybridized carbons (Fsp3) is 0.312. The summed E-state index contributed by atoms with van der Waals surface area (Å²) < 4.78 is 3.99. The van der Waals surface area contributed by atoms with E-state index in [0.717, 1.165) is 30.9 Å². The zero-order valence-corrected chi connectivity index (χ0v) is 12.1. The fourth-order valence-electron chi connectivity index (χ4n) is 3.02. The van der Waals surface area contributed by atoms with Crippen molar-refractivity contribution >= 4 is 11.6 Å². The number of carbonyl (C=O) groups is 1. The van der Waals surface area contributed by atoms with Gasteiger partial charge in [0.25, 0.3) is 5.91 Å². The molecular weight excluding hydrogens is 278 g/mol. The largest absolute Gasteiger partial charge is 0.350 e. The quantitative estimate of drug-likeness (QED) is 0.797. The van der Waals surface area contributed by atoms with E-state index in [1.165, 1.54) is 0 Å². The third-order valence-electron chi connectivity index (χ3n) is 4.25. The van der Waals surface area contributed by atoms with Crippen molar-refractivity contribution in [2.45, 2.75) is 19.4 Å². The van der Waals surface area contributed by atoms with Crippen molar-refractivity contribution in [2.24, 2.45) is 5.92 Å². The number of rotatable bonds is 3. The number of aryl methyl sites for hydroxylation is 1. The Morgan fingerprint density at radius 3 is 3.23 bits per heavy atom. The Hall–Kier alpha value is -2.63. The molecule has 0 saturated carbocycles. The molecule has 0 unspecified atom stereocenters. The fourth-order valence-corrected chi connectivity index (χ4v) is 3.02. The molecular formula is C16H17N5O. The van der Waals surface area contributed by atoms with Crippen molar-refractivity contribution < 1.29 is 4.79 Å². The molecule has 22 heavy (non-hydrogen) atoms. The first-order valence-corrected chi connectivity index (χ1v) is 7.51. The number of hydrogen-bond donors (Lipinski definition) is 1. The van der Waals surface area contributed by atoms with Crippen molar-refractivity contribution in [3.63, 3.8) is 0 Å². The van der Waals surface area contributed by atoms with Crippen molar-refractivity contribution in [1.82, 2.24) is 24.3 Å². The normalized spacial score (nSPS) is 17.4. The molecule has 0 bridgehead atoms. The maximum Gasteiger partial charge on any atom is 0.269 e. The first-order chi connectivity index (χ1) is 10.8. The Morgan fingerprint density at radius 2 is 2.27 bits per heavy atom. The van der Waals surface area contributed by atoms with Crippen LogP contribution in [0.5, 0.6) is 0 Å². The first-order valence-electron chi connectivity index (χ1n) is 7.51. The van der Waals surface area contributed by atoms with Crippen LogP contribution in [-0.4, -0.2) is 31.4 Å². The zero-order valence-electron chi connectivity index (χ0n) is 12.1. The molecule has 0 saturated heterocycles. The average molecular weight is 295 g/mol. The van der Waals surface area contributed by atoms with Crippen molar-refractivity contribution in [3.8, 4) is 0 Å². The lowest BCUT2D eigenvalue weighted by atomic mass is 9.98. The van der Waals surface area contributed by atoms with Crippen LogP contribution in [0, 0.1) is 5.92 Å². The maximum absolute atomic E-state index is 12.4. The third kappa shape index (κ3) is 2.26. The van der Waals surface area contributed by atoms with Gasteiger partial charge in [-0.3, -0.25) is 9.20 Å². The summed E-state index contributed by atoms with van der Waals surface area (Å²) in [6.07, 6.45) is 9.32. The van der Waals surface area contributed by atoms with E-state index in [0.29, 0.717) is 18.2 Å². The van der Waals surface area contributed by atoms with Gasteiger partial charge < -0.3 is 9.88 Å². The lowest BCUT2D eigenvalue weighted by Gasteiger charge is -2.23. The molecule has 4 rings (SSSR count). The molecule has 1 N–H and O–H groups in total. The summed E-state index contributed by atoms with van der Waals surface area (Å²) in [4.78, 5) is 21.0. The van der Waals surface area contributed by atoms with Gasteiger partial charge in [0.05, 0.1) is 6.20 Å². The molecule has 0 spiro atoms. The van der Waals surface area contributed by atoms with Gasteiger partial charge >= 0.3 is 0 Å². The van der Waals surface area contributed by atoms with Gasteiger partial charge in [-0.2, -0.15) is 0 Å². The second kappa shape index (κ2) is 5.29. The maximum atomic E-state index is 12.4. The van der Waals surface area contributed by atoms with Crippen LogP contribution in [0.1, 0.15) is 22.7 Å². The molecule has 6 heteroatoms. The molecule has 1 atom stereocenters. The van der Waals surface area contributed by atoms with E-state index in [-0.39, 0.29) is 5.91 Å². The minimum absolute atomic E-state index is 0.0763. The minimum Gasteiger partial charge on any atom is -0.350 e. The lowest BCUT2D eigenvalue weighted by Crippen LogP contribution is -2.33. The van der Waals surface area contributed by atoms with Crippen LogP contribution in [0.2, 0.25) is 0 Å². The highest BCUT2D eigenvalue weighted by atomic mass is 16.1. The number of imidazole rings is 2. The number of aromatic nitrogens is 4. The molecule has 0 aromatic carbocycles. The van der Waals surface area contributed by atoms with Crippen LogP contribution >= 0.6 is 0 Å². The lowest BCUT2D eigenvalue weighted by molar-refractivity contribution is 0.0938. The van der Waals surface area contributed by atoms with Crippen LogP contribution in [0.25, 0.3) is 5.65 Å². The monoisotopic (exact) mass is 295 g/mol. The molecule has 1 amide bonds. The molecule has 1 aliphatic rings. The Morgan fingerprint density at radius 1 is 1.32 bits per heavy atom. The van der Waals surface area contributed by atoms with Gasteiger partial charge in [-0.25, -0.2) is 9.97 Å². The molecule has 0 aliphatic carbocycles. The van der Waals surface area contributed by atoms with E-state index in [9.17, 15) is 4.79 Å². The van der Waals surface area contributed by atoms with Gasteiger partial charge in [0.1, 0.15) is 17.2 Å². The predicted octanol–water partition coefficient (Wildman–Crippen LogP) is 1.52. The van der Waals surface area contributed by atoms with E-state index >= 15 is 0 Å². The highest BCUT2D eigenvalue weighted by Crippen LogP contribution is 2.18. The number of carbonyl (C=O) groups excluding carboxylic acids is 1. The molecule has 4 heterocycles. The van der Waals surface area contributed by atoms with Gasteiger partial charge in [0, 0.05) is 38.1 Å². The highest BCUT2D eigenvalue weighted by Gasteiger charge is 2.20. The summed E-state index contributed by atoms with van der Waals surface area (Å²) in [7, 11) is 0. The van der Waals surface area contributed by atoms with E-state index < -0.39 is 0 Å². The SMILES string of the molecule is O=C(NC[C@H]1CCn2ccnc2C1)c1cnc2ccccn12. The summed E-state index contributed by atoms with van der Waals surface area (Å²) in [6.45, 7) is 1.65. The van der Waals surface area contributed by atoms with Crippen molar-refractivity contribution in [2.75, 3.05) is 6.54 Å². The number of fused-ring (bicyclic) bond motifs is 2. The van der Waals surface area contributed by atoms with E-state index in [2.05, 4.69) is 19.9 Å². The summed E-state index contributed by atoms with van der Waals surface area (Å²) in [5.41, 5.74) is 1.36. The molecule has 0 radical (unpaired) electrons. The van der Waals surface area contributed by atoms with Gasteiger partial charge in [0.15, 0.2) is 0 Å². The van der Waals surface area contributed by atoms with Gasteiger partial charge in [-0.15, -0.1) is 0 Å². The van der Waals surface area contributed by atoms with E-state index in [1.807, 2.05) is 41.2 Å². The molecule has 0 fully saturated rings. The number of nitrogens with zero attached hydrogens (tertiary/aromatic N) is 4. The molecule has 112 valence electrons.